The van der Waals surface area contributed by atoms with E-state index in [1.54, 1.807) is 6.92 Å². The molecule has 5 aromatic rings. The van der Waals surface area contributed by atoms with Crippen LogP contribution in [0.25, 0.3) is 43.6 Å². The van der Waals surface area contributed by atoms with Gasteiger partial charge in [-0.05, 0) is 24.6 Å². The van der Waals surface area contributed by atoms with Gasteiger partial charge in [-0.1, -0.05) is 36.4 Å². The molecule has 2 bridgehead atoms. The molecule has 0 aliphatic carbocycles. The number of nitrogens with zero attached hydrogens (tertiary/aromatic N) is 2. The molecule has 1 fully saturated rings. The van der Waals surface area contributed by atoms with Crippen molar-refractivity contribution in [2.45, 2.75) is 37.4 Å². The molecular weight excluding hydrogens is 434 g/mol. The van der Waals surface area contributed by atoms with E-state index in [1.165, 1.54) is 0 Å². The summed E-state index contributed by atoms with van der Waals surface area (Å²) < 4.78 is 10.4. The number of carbonyl (C=O) groups excluding carboxylic acids is 1. The lowest BCUT2D eigenvalue weighted by atomic mass is 9.89. The summed E-state index contributed by atoms with van der Waals surface area (Å²) >= 11 is 0. The molecular formula is C26H19N3O5. The second-order valence-electron chi connectivity index (χ2n) is 9.65. The average Bonchev–Trinajstić information content (AvgIpc) is 3.51. The highest BCUT2D eigenvalue weighted by atomic mass is 16.6. The van der Waals surface area contributed by atoms with E-state index in [-0.39, 0.29) is 12.3 Å². The van der Waals surface area contributed by atoms with Crippen LogP contribution in [0.3, 0.4) is 0 Å². The molecule has 3 atom stereocenters. The van der Waals surface area contributed by atoms with Gasteiger partial charge < -0.3 is 29.4 Å². The van der Waals surface area contributed by atoms with E-state index in [0.29, 0.717) is 12.1 Å². The largest absolute Gasteiger partial charge is 0.479 e. The first kappa shape index (κ1) is 18.5. The number of aromatic nitrogens is 2. The van der Waals surface area contributed by atoms with Gasteiger partial charge in [-0.25, -0.2) is 4.79 Å². The number of aliphatic carboxylic acids is 1. The summed E-state index contributed by atoms with van der Waals surface area (Å²) in [5.41, 5.74) is 1.05. The molecule has 0 spiro atoms. The fourth-order valence-electron chi connectivity index (χ4n) is 6.73. The Morgan fingerprint density at radius 3 is 2.47 bits per heavy atom. The van der Waals surface area contributed by atoms with Gasteiger partial charge in [0.2, 0.25) is 5.60 Å². The SMILES string of the molecule is C[C@]12OC(C[C@@]1(O)C(=O)O)n1c3ccccc3c3c4c(c5c6ccccc6n2c5c31)CNC4=O. The van der Waals surface area contributed by atoms with Crippen molar-refractivity contribution in [3.63, 3.8) is 0 Å². The fraction of sp³-hybridized carbons (Fsp3) is 0.231. The minimum atomic E-state index is -2.16. The molecule has 2 aromatic heterocycles. The Morgan fingerprint density at radius 2 is 1.74 bits per heavy atom. The number of carboxylic acid groups (broad SMARTS) is 1. The molecule has 34 heavy (non-hydrogen) atoms. The molecule has 0 saturated carbocycles. The van der Waals surface area contributed by atoms with Crippen LogP contribution in [-0.4, -0.2) is 36.8 Å². The van der Waals surface area contributed by atoms with Gasteiger partial charge in [-0.2, -0.15) is 0 Å². The molecule has 168 valence electrons. The van der Waals surface area contributed by atoms with E-state index in [2.05, 4.69) is 5.32 Å². The molecule has 3 N–H and O–H groups in total. The van der Waals surface area contributed by atoms with Crippen molar-refractivity contribution in [2.24, 2.45) is 0 Å². The normalized spacial score (nSPS) is 27.2. The number of fused-ring (bicyclic) bond motifs is 13. The number of carbonyl (C=O) groups is 2. The third-order valence-electron chi connectivity index (χ3n) is 8.19. The van der Waals surface area contributed by atoms with Crippen molar-refractivity contribution in [3.05, 3.63) is 59.7 Å². The maximum absolute atomic E-state index is 13.2. The molecule has 1 saturated heterocycles. The Morgan fingerprint density at radius 1 is 1.06 bits per heavy atom. The highest BCUT2D eigenvalue weighted by Crippen LogP contribution is 2.57. The van der Waals surface area contributed by atoms with Crippen molar-refractivity contribution in [2.75, 3.05) is 0 Å². The van der Waals surface area contributed by atoms with Gasteiger partial charge >= 0.3 is 5.97 Å². The lowest BCUT2D eigenvalue weighted by Crippen LogP contribution is -2.55. The maximum Gasteiger partial charge on any atom is 0.341 e. The minimum Gasteiger partial charge on any atom is -0.479 e. The van der Waals surface area contributed by atoms with Crippen LogP contribution >= 0.6 is 0 Å². The zero-order valence-electron chi connectivity index (χ0n) is 18.1. The second-order valence-corrected chi connectivity index (χ2v) is 9.65. The first-order valence-electron chi connectivity index (χ1n) is 11.3. The number of rotatable bonds is 1. The number of hydrogen-bond donors (Lipinski definition) is 3. The number of nitrogens with one attached hydrogen (secondary N) is 1. The van der Waals surface area contributed by atoms with Crippen LogP contribution in [0.5, 0.6) is 0 Å². The lowest BCUT2D eigenvalue weighted by Gasteiger charge is -2.36. The van der Waals surface area contributed by atoms with Crippen LogP contribution in [0.15, 0.2) is 48.5 Å². The topological polar surface area (TPSA) is 106 Å². The predicted molar refractivity (Wildman–Crippen MR) is 125 cm³/mol. The second kappa shape index (κ2) is 5.43. The molecule has 8 nitrogen and oxygen atoms in total. The Kier molecular flexibility index (Phi) is 2.96. The summed E-state index contributed by atoms with van der Waals surface area (Å²) in [6.07, 6.45) is -0.846. The van der Waals surface area contributed by atoms with Crippen LogP contribution in [0.1, 0.15) is 35.5 Å². The number of carboxylic acids is 1. The summed E-state index contributed by atoms with van der Waals surface area (Å²) in [6.45, 7) is 2.04. The van der Waals surface area contributed by atoms with Gasteiger partial charge in [-0.3, -0.25) is 4.79 Å². The number of ether oxygens (including phenoxy) is 1. The monoisotopic (exact) mass is 453 g/mol. The van der Waals surface area contributed by atoms with Crippen molar-refractivity contribution >= 4 is 55.5 Å². The minimum absolute atomic E-state index is 0.111. The van der Waals surface area contributed by atoms with Gasteiger partial charge in [0.15, 0.2) is 5.72 Å². The van der Waals surface area contributed by atoms with E-state index in [0.717, 1.165) is 49.2 Å². The van der Waals surface area contributed by atoms with E-state index >= 15 is 0 Å². The van der Waals surface area contributed by atoms with Gasteiger partial charge in [-0.15, -0.1) is 0 Å². The van der Waals surface area contributed by atoms with E-state index in [1.807, 2.05) is 57.7 Å². The Hall–Kier alpha value is -3.88. The maximum atomic E-state index is 13.2. The Bertz CT molecular complexity index is 1810. The van der Waals surface area contributed by atoms with Crippen molar-refractivity contribution in [3.8, 4) is 0 Å². The summed E-state index contributed by atoms with van der Waals surface area (Å²) in [4.78, 5) is 25.7. The summed E-state index contributed by atoms with van der Waals surface area (Å²) in [5, 5.41) is 28.4. The van der Waals surface area contributed by atoms with Gasteiger partial charge in [0.25, 0.3) is 5.91 Å². The third-order valence-corrected chi connectivity index (χ3v) is 8.19. The highest BCUT2D eigenvalue weighted by molar-refractivity contribution is 6.31. The molecule has 3 aliphatic heterocycles. The number of hydrogen-bond acceptors (Lipinski definition) is 4. The van der Waals surface area contributed by atoms with E-state index < -0.39 is 23.5 Å². The molecule has 0 radical (unpaired) electrons. The number of amides is 1. The van der Waals surface area contributed by atoms with Crippen LogP contribution < -0.4 is 5.32 Å². The van der Waals surface area contributed by atoms with Gasteiger partial charge in [0.1, 0.15) is 6.23 Å². The number of aliphatic hydroxyl groups is 1. The molecule has 3 aromatic carbocycles. The van der Waals surface area contributed by atoms with Crippen LogP contribution in [-0.2, 0) is 21.8 Å². The fourth-order valence-corrected chi connectivity index (χ4v) is 6.73. The average molecular weight is 453 g/mol. The summed E-state index contributed by atoms with van der Waals surface area (Å²) in [6, 6.07) is 15.5. The quantitative estimate of drug-likeness (QED) is 0.360. The van der Waals surface area contributed by atoms with Crippen molar-refractivity contribution in [1.82, 2.24) is 14.5 Å². The van der Waals surface area contributed by atoms with Crippen molar-refractivity contribution < 1.29 is 24.5 Å². The van der Waals surface area contributed by atoms with E-state index in [9.17, 15) is 19.8 Å². The first-order valence-corrected chi connectivity index (χ1v) is 11.3. The highest BCUT2D eigenvalue weighted by Gasteiger charge is 2.65. The zero-order valence-corrected chi connectivity index (χ0v) is 18.1. The van der Waals surface area contributed by atoms with Gasteiger partial charge in [0, 0.05) is 34.5 Å². The van der Waals surface area contributed by atoms with Crippen molar-refractivity contribution in [1.29, 1.82) is 0 Å². The smallest absolute Gasteiger partial charge is 0.341 e. The third kappa shape index (κ3) is 1.71. The first-order chi connectivity index (χ1) is 16.4. The molecule has 1 unspecified atom stereocenters. The molecule has 8 heteroatoms. The van der Waals surface area contributed by atoms with Crippen LogP contribution in [0.4, 0.5) is 0 Å². The molecule has 5 heterocycles. The van der Waals surface area contributed by atoms with Crippen LogP contribution in [0, 0.1) is 0 Å². The summed E-state index contributed by atoms with van der Waals surface area (Å²) in [5.74, 6) is -1.43. The Balaban J connectivity index is 1.77. The predicted octanol–water partition coefficient (Wildman–Crippen LogP) is 3.57. The summed E-state index contributed by atoms with van der Waals surface area (Å²) in [7, 11) is 0. The molecule has 8 rings (SSSR count). The van der Waals surface area contributed by atoms with E-state index in [4.69, 9.17) is 4.74 Å². The lowest BCUT2D eigenvalue weighted by molar-refractivity contribution is -0.200. The standard InChI is InChI=1S/C26H19N3O5/c1-25-26(33,24(31)32)10-17(34-25)28-15-8-4-2-6-12(15)19-20-14(11-27-23(20)30)18-13-7-3-5-9-16(13)29(25)22(18)21(19)28/h2-9,17,33H,10-11H2,1H3,(H,27,30)(H,31,32)/t17?,25-,26+/m0/s1. The number of benzene rings is 3. The number of para-hydroxylation sites is 2. The van der Waals surface area contributed by atoms with Crippen LogP contribution in [0.2, 0.25) is 0 Å². The molecule has 3 aliphatic rings. The zero-order chi connectivity index (χ0) is 23.1. The Labute approximate surface area is 191 Å². The molecule has 1 amide bonds. The van der Waals surface area contributed by atoms with Gasteiger partial charge in [0.05, 0.1) is 27.6 Å².